The minimum absolute atomic E-state index is 0.158. The molecular weight excluding hydrogens is 504 g/mol. The topological polar surface area (TPSA) is 43.5 Å². The standard InChI is InChI=1S/C37H50N2O2/c1-8-9-10-11-12-13-20-39-31-16-15-27(34(40)41)25-28(31)37(6,7)32(39)17-14-26-23-29-33-30(24-26)36(4,5)19-22-38(33)21-18-35(29,2)3/h14-17,23-25H,8-13,18-22H2,1-7H3/p+1. The Morgan fingerprint density at radius 2 is 1.46 bits per heavy atom. The highest BCUT2D eigenvalue weighted by Crippen LogP contribution is 2.49. The number of carboxylic acid groups (broad SMARTS) is 1. The van der Waals surface area contributed by atoms with Gasteiger partial charge in [-0.05, 0) is 91.0 Å². The van der Waals surface area contributed by atoms with E-state index >= 15 is 0 Å². The Bertz CT molecular complexity index is 1350. The number of anilines is 1. The number of carbonyl (C=O) groups is 1. The number of benzene rings is 2. The fraction of sp³-hybridized carbons (Fsp3) is 0.568. The first-order valence-corrected chi connectivity index (χ1v) is 16.0. The summed E-state index contributed by atoms with van der Waals surface area (Å²) in [6, 6.07) is 10.6. The van der Waals surface area contributed by atoms with Crippen LogP contribution in [0.4, 0.5) is 11.4 Å². The lowest BCUT2D eigenvalue weighted by Crippen LogP contribution is -2.44. The van der Waals surface area contributed by atoms with Crippen LogP contribution in [0, 0.1) is 0 Å². The van der Waals surface area contributed by atoms with Gasteiger partial charge in [-0.25, -0.2) is 4.79 Å². The van der Waals surface area contributed by atoms with Crippen molar-refractivity contribution in [2.75, 3.05) is 24.5 Å². The number of hydrogen-bond donors (Lipinski definition) is 1. The molecule has 0 aliphatic carbocycles. The third kappa shape index (κ3) is 5.51. The quantitative estimate of drug-likeness (QED) is 0.235. The SMILES string of the molecule is CCCCCCCC[N+]1=C(C=Cc2cc3c4c(c2)C(C)(C)CCN4CCC3(C)C)C(C)(C)c2cc(C(=O)O)ccc21. The minimum atomic E-state index is -0.864. The molecule has 0 bridgehead atoms. The van der Waals surface area contributed by atoms with Gasteiger partial charge < -0.3 is 10.0 Å². The summed E-state index contributed by atoms with van der Waals surface area (Å²) in [6.45, 7) is 19.6. The zero-order chi connectivity index (χ0) is 29.6. The molecule has 0 radical (unpaired) electrons. The zero-order valence-electron chi connectivity index (χ0n) is 26.6. The van der Waals surface area contributed by atoms with Gasteiger partial charge in [0.25, 0.3) is 0 Å². The molecule has 3 aliphatic rings. The number of rotatable bonds is 10. The third-order valence-corrected chi connectivity index (χ3v) is 10.2. The molecule has 4 heteroatoms. The van der Waals surface area contributed by atoms with Gasteiger partial charge in [-0.2, -0.15) is 4.58 Å². The second-order valence-electron chi connectivity index (χ2n) is 14.5. The highest BCUT2D eigenvalue weighted by molar-refractivity contribution is 6.06. The molecule has 0 atom stereocenters. The first-order valence-electron chi connectivity index (χ1n) is 16.0. The molecule has 0 saturated carbocycles. The van der Waals surface area contributed by atoms with Gasteiger partial charge in [0.05, 0.1) is 11.0 Å². The molecule has 3 heterocycles. The van der Waals surface area contributed by atoms with Gasteiger partial charge in [0.1, 0.15) is 6.54 Å². The maximum atomic E-state index is 11.9. The lowest BCUT2D eigenvalue weighted by Gasteiger charge is -2.48. The predicted molar refractivity (Wildman–Crippen MR) is 173 cm³/mol. The summed E-state index contributed by atoms with van der Waals surface area (Å²) in [5, 5.41) is 9.73. The van der Waals surface area contributed by atoms with E-state index in [-0.39, 0.29) is 16.2 Å². The molecule has 0 aromatic heterocycles. The molecule has 0 amide bonds. The Kier molecular flexibility index (Phi) is 8.00. The Hall–Kier alpha value is -2.88. The van der Waals surface area contributed by atoms with Crippen molar-refractivity contribution in [2.24, 2.45) is 0 Å². The van der Waals surface area contributed by atoms with Crippen molar-refractivity contribution in [3.8, 4) is 0 Å². The molecule has 0 saturated heterocycles. The van der Waals surface area contributed by atoms with E-state index < -0.39 is 5.97 Å². The van der Waals surface area contributed by atoms with Gasteiger partial charge in [-0.1, -0.05) is 60.3 Å². The molecular formula is C37H51N2O2+. The summed E-state index contributed by atoms with van der Waals surface area (Å²) in [5.41, 5.74) is 9.67. The summed E-state index contributed by atoms with van der Waals surface area (Å²) >= 11 is 0. The molecule has 0 spiro atoms. The van der Waals surface area contributed by atoms with Crippen LogP contribution in [0.15, 0.2) is 36.4 Å². The van der Waals surface area contributed by atoms with Crippen molar-refractivity contribution in [3.63, 3.8) is 0 Å². The highest BCUT2D eigenvalue weighted by atomic mass is 16.4. The van der Waals surface area contributed by atoms with Crippen LogP contribution < -0.4 is 4.90 Å². The van der Waals surface area contributed by atoms with Crippen molar-refractivity contribution < 1.29 is 14.5 Å². The number of aromatic carboxylic acids is 1. The van der Waals surface area contributed by atoms with Gasteiger partial charge in [0, 0.05) is 42.9 Å². The van der Waals surface area contributed by atoms with Crippen LogP contribution in [0.1, 0.15) is 132 Å². The Labute approximate surface area is 248 Å². The number of hydrogen-bond acceptors (Lipinski definition) is 2. The number of nitrogens with zero attached hydrogens (tertiary/aromatic N) is 2. The highest BCUT2D eigenvalue weighted by Gasteiger charge is 2.45. The maximum absolute atomic E-state index is 11.9. The lowest BCUT2D eigenvalue weighted by molar-refractivity contribution is -0.438. The Morgan fingerprint density at radius 1 is 0.854 bits per heavy atom. The average Bonchev–Trinajstić information content (AvgIpc) is 3.13. The van der Waals surface area contributed by atoms with E-state index in [4.69, 9.17) is 0 Å². The summed E-state index contributed by atoms with van der Waals surface area (Å²) in [4.78, 5) is 14.5. The van der Waals surface area contributed by atoms with Crippen molar-refractivity contribution in [2.45, 2.75) is 116 Å². The average molecular weight is 556 g/mol. The number of allylic oxidation sites excluding steroid dienone is 1. The van der Waals surface area contributed by atoms with E-state index in [9.17, 15) is 9.90 Å². The maximum Gasteiger partial charge on any atom is 0.335 e. The van der Waals surface area contributed by atoms with Crippen LogP contribution in [0.25, 0.3) is 6.08 Å². The summed E-state index contributed by atoms with van der Waals surface area (Å²) < 4.78 is 2.47. The molecule has 3 aliphatic heterocycles. The number of carboxylic acids is 1. The van der Waals surface area contributed by atoms with Crippen LogP contribution in [-0.4, -0.2) is 41.0 Å². The van der Waals surface area contributed by atoms with E-state index in [2.05, 4.69) is 82.2 Å². The van der Waals surface area contributed by atoms with Gasteiger partial charge in [-0.15, -0.1) is 0 Å². The van der Waals surface area contributed by atoms with Crippen molar-refractivity contribution >= 4 is 29.1 Å². The minimum Gasteiger partial charge on any atom is -0.478 e. The molecule has 5 rings (SSSR count). The zero-order valence-corrected chi connectivity index (χ0v) is 26.6. The van der Waals surface area contributed by atoms with E-state index in [1.165, 1.54) is 73.0 Å². The third-order valence-electron chi connectivity index (χ3n) is 10.2. The summed E-state index contributed by atoms with van der Waals surface area (Å²) in [5.74, 6) is -0.864. The predicted octanol–water partition coefficient (Wildman–Crippen LogP) is 9.00. The second kappa shape index (κ2) is 11.1. The van der Waals surface area contributed by atoms with Crippen LogP contribution in [-0.2, 0) is 16.2 Å². The monoisotopic (exact) mass is 555 g/mol. The summed E-state index contributed by atoms with van der Waals surface area (Å²) in [6.07, 6.45) is 14.6. The second-order valence-corrected chi connectivity index (χ2v) is 14.5. The number of fused-ring (bicyclic) bond motifs is 1. The van der Waals surface area contributed by atoms with Crippen LogP contribution >= 0.6 is 0 Å². The molecule has 0 unspecified atom stereocenters. The molecule has 220 valence electrons. The van der Waals surface area contributed by atoms with E-state index in [0.29, 0.717) is 5.56 Å². The smallest absolute Gasteiger partial charge is 0.335 e. The molecule has 0 fully saturated rings. The largest absolute Gasteiger partial charge is 0.478 e. The van der Waals surface area contributed by atoms with Crippen molar-refractivity contribution in [3.05, 3.63) is 64.2 Å². The fourth-order valence-corrected chi connectivity index (χ4v) is 7.33. The molecule has 4 nitrogen and oxygen atoms in total. The van der Waals surface area contributed by atoms with Crippen LogP contribution in [0.3, 0.4) is 0 Å². The van der Waals surface area contributed by atoms with E-state index in [1.807, 2.05) is 12.1 Å². The molecule has 41 heavy (non-hydrogen) atoms. The van der Waals surface area contributed by atoms with Crippen LogP contribution in [0.5, 0.6) is 0 Å². The number of unbranched alkanes of at least 4 members (excludes halogenated alkanes) is 5. The molecule has 1 N–H and O–H groups in total. The van der Waals surface area contributed by atoms with Gasteiger partial charge >= 0.3 is 5.97 Å². The van der Waals surface area contributed by atoms with Gasteiger partial charge in [0.2, 0.25) is 5.69 Å². The summed E-state index contributed by atoms with van der Waals surface area (Å²) in [7, 11) is 0. The Morgan fingerprint density at radius 3 is 2.07 bits per heavy atom. The lowest BCUT2D eigenvalue weighted by atomic mass is 9.69. The van der Waals surface area contributed by atoms with Crippen LogP contribution in [0.2, 0.25) is 0 Å². The van der Waals surface area contributed by atoms with Gasteiger partial charge in [0.15, 0.2) is 5.71 Å². The molecule has 2 aromatic carbocycles. The normalized spacial score (nSPS) is 19.9. The Balaban J connectivity index is 1.55. The van der Waals surface area contributed by atoms with Gasteiger partial charge in [-0.3, -0.25) is 0 Å². The van der Waals surface area contributed by atoms with E-state index in [0.717, 1.165) is 37.3 Å². The first kappa shape index (κ1) is 29.6. The molecule has 2 aromatic rings. The fourth-order valence-electron chi connectivity index (χ4n) is 7.33. The van der Waals surface area contributed by atoms with E-state index in [1.54, 1.807) is 6.07 Å². The van der Waals surface area contributed by atoms with Crippen molar-refractivity contribution in [1.29, 1.82) is 0 Å². The first-order chi connectivity index (χ1) is 19.4. The van der Waals surface area contributed by atoms with Crippen molar-refractivity contribution in [1.82, 2.24) is 0 Å².